The number of nitrogens with zero attached hydrogens (tertiary/aromatic N) is 2. The molecule has 1 aliphatic heterocycles. The van der Waals surface area contributed by atoms with Gasteiger partial charge in [0.25, 0.3) is 0 Å². The first kappa shape index (κ1) is 20.2. The van der Waals surface area contributed by atoms with Gasteiger partial charge in [-0.25, -0.2) is 0 Å². The summed E-state index contributed by atoms with van der Waals surface area (Å²) in [6.45, 7) is 5.78. The molecule has 1 unspecified atom stereocenters. The average Bonchev–Trinajstić information content (AvgIpc) is 3.00. The van der Waals surface area contributed by atoms with E-state index in [1.165, 1.54) is 70.6 Å². The number of aliphatic hydroxyl groups excluding tert-OH is 1. The smallest absolute Gasteiger partial charge is 0.125 e. The minimum atomic E-state index is -0.381. The number of amidine groups is 1. The van der Waals surface area contributed by atoms with E-state index >= 15 is 0 Å². The highest BCUT2D eigenvalue weighted by molar-refractivity contribution is 5.83. The molecular formula is C20H38N2O. The fourth-order valence-corrected chi connectivity index (χ4v) is 3.20. The van der Waals surface area contributed by atoms with Crippen molar-refractivity contribution < 1.29 is 5.11 Å². The van der Waals surface area contributed by atoms with Gasteiger partial charge in [-0.3, -0.25) is 4.99 Å². The maximum Gasteiger partial charge on any atom is 0.125 e. The van der Waals surface area contributed by atoms with Crippen LogP contribution in [0.5, 0.6) is 0 Å². The first-order chi connectivity index (χ1) is 11.3. The van der Waals surface area contributed by atoms with Crippen molar-refractivity contribution in [2.24, 2.45) is 4.99 Å². The summed E-state index contributed by atoms with van der Waals surface area (Å²) in [6.07, 6.45) is 19.9. The second-order valence-electron chi connectivity index (χ2n) is 6.72. The van der Waals surface area contributed by atoms with E-state index in [4.69, 9.17) is 0 Å². The molecule has 0 saturated heterocycles. The normalized spacial score (nSPS) is 16.3. The molecule has 23 heavy (non-hydrogen) atoms. The maximum atomic E-state index is 9.67. The lowest BCUT2D eigenvalue weighted by Gasteiger charge is -2.23. The first-order valence-corrected chi connectivity index (χ1v) is 9.88. The highest BCUT2D eigenvalue weighted by atomic mass is 16.3. The lowest BCUT2D eigenvalue weighted by atomic mass is 10.1. The Morgan fingerprint density at radius 3 is 2.22 bits per heavy atom. The van der Waals surface area contributed by atoms with Crippen LogP contribution in [0.4, 0.5) is 0 Å². The Labute approximate surface area is 143 Å². The molecule has 1 N–H and O–H groups in total. The van der Waals surface area contributed by atoms with Crippen LogP contribution in [0.3, 0.4) is 0 Å². The zero-order valence-corrected chi connectivity index (χ0v) is 15.5. The largest absolute Gasteiger partial charge is 0.374 e. The highest BCUT2D eigenvalue weighted by Gasteiger charge is 2.19. The molecule has 3 heteroatoms. The van der Waals surface area contributed by atoms with Gasteiger partial charge in [0.05, 0.1) is 6.54 Å². The SMILES string of the molecule is CC/C=C/CCCCCCCCCCCC1=NCCN1C(C)O. The van der Waals surface area contributed by atoms with Gasteiger partial charge in [-0.1, -0.05) is 64.0 Å². The Kier molecular flexibility index (Phi) is 11.9. The Morgan fingerprint density at radius 1 is 1.00 bits per heavy atom. The van der Waals surface area contributed by atoms with Gasteiger partial charge < -0.3 is 10.0 Å². The van der Waals surface area contributed by atoms with Gasteiger partial charge in [-0.15, -0.1) is 0 Å². The number of aliphatic hydroxyl groups is 1. The van der Waals surface area contributed by atoms with Gasteiger partial charge in [0.2, 0.25) is 0 Å². The molecule has 0 spiro atoms. The van der Waals surface area contributed by atoms with E-state index in [1.807, 2.05) is 11.8 Å². The van der Waals surface area contributed by atoms with Crippen molar-refractivity contribution >= 4 is 5.84 Å². The van der Waals surface area contributed by atoms with Crippen molar-refractivity contribution in [2.45, 2.75) is 97.1 Å². The van der Waals surface area contributed by atoms with Gasteiger partial charge in [-0.2, -0.15) is 0 Å². The fourth-order valence-electron chi connectivity index (χ4n) is 3.20. The lowest BCUT2D eigenvalue weighted by Crippen LogP contribution is -2.35. The van der Waals surface area contributed by atoms with Gasteiger partial charge >= 0.3 is 0 Å². The number of aliphatic imine (C=N–C) groups is 1. The standard InChI is InChI=1S/C20H38N2O/c1-3-4-5-6-7-8-9-10-11-12-13-14-15-16-20-21-17-18-22(20)19(2)23/h4-5,19,23H,3,6-18H2,1-2H3/b5-4+. The molecule has 0 aliphatic carbocycles. The Hall–Kier alpha value is -0.830. The van der Waals surface area contributed by atoms with E-state index in [-0.39, 0.29) is 6.23 Å². The highest BCUT2D eigenvalue weighted by Crippen LogP contribution is 2.14. The Morgan fingerprint density at radius 2 is 1.61 bits per heavy atom. The van der Waals surface area contributed by atoms with Crippen LogP contribution in [0.2, 0.25) is 0 Å². The summed E-state index contributed by atoms with van der Waals surface area (Å²) in [4.78, 5) is 6.55. The zero-order chi connectivity index (χ0) is 16.8. The second kappa shape index (κ2) is 13.6. The monoisotopic (exact) mass is 322 g/mol. The molecule has 0 fully saturated rings. The molecule has 0 amide bonds. The van der Waals surface area contributed by atoms with Crippen LogP contribution < -0.4 is 0 Å². The molecule has 0 bridgehead atoms. The molecule has 0 aromatic carbocycles. The quantitative estimate of drug-likeness (QED) is 0.348. The van der Waals surface area contributed by atoms with Crippen molar-refractivity contribution in [3.8, 4) is 0 Å². The molecule has 3 nitrogen and oxygen atoms in total. The second-order valence-corrected chi connectivity index (χ2v) is 6.72. The number of allylic oxidation sites excluding steroid dienone is 2. The van der Waals surface area contributed by atoms with Crippen LogP contribution in [0.25, 0.3) is 0 Å². The third-order valence-corrected chi connectivity index (χ3v) is 4.59. The van der Waals surface area contributed by atoms with Gasteiger partial charge in [0.15, 0.2) is 0 Å². The van der Waals surface area contributed by atoms with E-state index in [9.17, 15) is 5.11 Å². The van der Waals surface area contributed by atoms with Gasteiger partial charge in [-0.05, 0) is 32.6 Å². The molecule has 134 valence electrons. The number of unbranched alkanes of at least 4 members (excludes halogenated alkanes) is 9. The Bertz CT molecular complexity index is 337. The summed E-state index contributed by atoms with van der Waals surface area (Å²) in [7, 11) is 0. The lowest BCUT2D eigenvalue weighted by molar-refractivity contribution is 0.0766. The van der Waals surface area contributed by atoms with Crippen LogP contribution in [-0.4, -0.2) is 35.2 Å². The van der Waals surface area contributed by atoms with Gasteiger partial charge in [0, 0.05) is 13.0 Å². The fraction of sp³-hybridized carbons (Fsp3) is 0.850. The van der Waals surface area contributed by atoms with E-state index < -0.39 is 0 Å². The number of hydrogen-bond acceptors (Lipinski definition) is 3. The molecular weight excluding hydrogens is 284 g/mol. The molecule has 1 atom stereocenters. The predicted molar refractivity (Wildman–Crippen MR) is 101 cm³/mol. The van der Waals surface area contributed by atoms with Gasteiger partial charge in [0.1, 0.15) is 12.1 Å². The summed E-state index contributed by atoms with van der Waals surface area (Å²) >= 11 is 0. The molecule has 0 radical (unpaired) electrons. The third-order valence-electron chi connectivity index (χ3n) is 4.59. The molecule has 0 aromatic rings. The van der Waals surface area contributed by atoms with E-state index in [1.54, 1.807) is 0 Å². The van der Waals surface area contributed by atoms with Crippen LogP contribution in [0.1, 0.15) is 90.9 Å². The summed E-state index contributed by atoms with van der Waals surface area (Å²) in [5, 5.41) is 9.67. The summed E-state index contributed by atoms with van der Waals surface area (Å²) in [6, 6.07) is 0. The van der Waals surface area contributed by atoms with Crippen molar-refractivity contribution in [3.63, 3.8) is 0 Å². The summed E-state index contributed by atoms with van der Waals surface area (Å²) in [5.41, 5.74) is 0. The molecule has 0 saturated carbocycles. The van der Waals surface area contributed by atoms with E-state index in [2.05, 4.69) is 24.1 Å². The van der Waals surface area contributed by atoms with Crippen LogP contribution in [0, 0.1) is 0 Å². The predicted octanol–water partition coefficient (Wildman–Crippen LogP) is 5.30. The molecule has 0 aromatic heterocycles. The third kappa shape index (κ3) is 9.80. The maximum absolute atomic E-state index is 9.67. The number of hydrogen-bond donors (Lipinski definition) is 1. The van der Waals surface area contributed by atoms with Crippen LogP contribution in [0.15, 0.2) is 17.1 Å². The molecule has 1 rings (SSSR count). The minimum Gasteiger partial charge on any atom is -0.374 e. The number of rotatable bonds is 14. The van der Waals surface area contributed by atoms with Crippen LogP contribution >= 0.6 is 0 Å². The van der Waals surface area contributed by atoms with Crippen molar-refractivity contribution in [1.29, 1.82) is 0 Å². The Balaban J connectivity index is 1.84. The topological polar surface area (TPSA) is 35.8 Å². The summed E-state index contributed by atoms with van der Waals surface area (Å²) in [5.74, 6) is 1.12. The zero-order valence-electron chi connectivity index (χ0n) is 15.5. The summed E-state index contributed by atoms with van der Waals surface area (Å²) < 4.78 is 0. The van der Waals surface area contributed by atoms with Crippen molar-refractivity contribution in [2.75, 3.05) is 13.1 Å². The molecule has 1 aliphatic rings. The van der Waals surface area contributed by atoms with E-state index in [0.717, 1.165) is 25.3 Å². The average molecular weight is 323 g/mol. The molecule has 1 heterocycles. The van der Waals surface area contributed by atoms with E-state index in [0.29, 0.717) is 0 Å². The van der Waals surface area contributed by atoms with Crippen molar-refractivity contribution in [1.82, 2.24) is 4.90 Å². The van der Waals surface area contributed by atoms with Crippen molar-refractivity contribution in [3.05, 3.63) is 12.2 Å². The first-order valence-electron chi connectivity index (χ1n) is 9.88. The van der Waals surface area contributed by atoms with Crippen LogP contribution in [-0.2, 0) is 0 Å². The minimum absolute atomic E-state index is 0.381.